The first kappa shape index (κ1) is 12.7. The molecule has 0 saturated heterocycles. The van der Waals surface area contributed by atoms with Gasteiger partial charge in [-0.3, -0.25) is 4.98 Å². The summed E-state index contributed by atoms with van der Waals surface area (Å²) in [5.41, 5.74) is 1.73. The number of ether oxygens (including phenoxy) is 1. The van der Waals surface area contributed by atoms with Crippen molar-refractivity contribution in [1.29, 1.82) is 0 Å². The van der Waals surface area contributed by atoms with Crippen molar-refractivity contribution < 1.29 is 9.84 Å². The van der Waals surface area contributed by atoms with Crippen LogP contribution < -0.4 is 0 Å². The summed E-state index contributed by atoms with van der Waals surface area (Å²) < 4.78 is 5.67. The van der Waals surface area contributed by atoms with Gasteiger partial charge < -0.3 is 9.84 Å². The number of aliphatic hydroxyl groups is 1. The lowest BCUT2D eigenvalue weighted by Gasteiger charge is -2.23. The summed E-state index contributed by atoms with van der Waals surface area (Å²) >= 11 is 0. The van der Waals surface area contributed by atoms with Crippen LogP contribution >= 0.6 is 0 Å². The van der Waals surface area contributed by atoms with Gasteiger partial charge in [-0.25, -0.2) is 0 Å². The zero-order chi connectivity index (χ0) is 12.8. The maximum Gasteiger partial charge on any atom is 0.113 e. The Kier molecular flexibility index (Phi) is 4.45. The summed E-state index contributed by atoms with van der Waals surface area (Å²) in [6.07, 6.45) is 2.29. The highest BCUT2D eigenvalue weighted by atomic mass is 16.5. The number of rotatable bonds is 5. The zero-order valence-electron chi connectivity index (χ0n) is 10.4. The van der Waals surface area contributed by atoms with Crippen molar-refractivity contribution in [2.24, 2.45) is 0 Å². The van der Waals surface area contributed by atoms with Gasteiger partial charge in [0.25, 0.3) is 0 Å². The van der Waals surface area contributed by atoms with E-state index < -0.39 is 6.10 Å². The Labute approximate surface area is 107 Å². The van der Waals surface area contributed by atoms with Crippen LogP contribution in [0.5, 0.6) is 0 Å². The molecular weight excluding hydrogens is 226 g/mol. The van der Waals surface area contributed by atoms with Crippen LogP contribution in [-0.2, 0) is 4.74 Å². The molecule has 0 saturated carbocycles. The molecule has 1 N–H and O–H groups in total. The molecule has 2 unspecified atom stereocenters. The van der Waals surface area contributed by atoms with Gasteiger partial charge >= 0.3 is 0 Å². The predicted molar refractivity (Wildman–Crippen MR) is 70.0 cm³/mol. The SMILES string of the molecule is CCOC(c1ccccc1)C(O)c1cccnc1. The molecule has 1 heterocycles. The molecule has 18 heavy (non-hydrogen) atoms. The number of nitrogens with zero attached hydrogens (tertiary/aromatic N) is 1. The Morgan fingerprint density at radius 2 is 1.83 bits per heavy atom. The quantitative estimate of drug-likeness (QED) is 0.878. The molecule has 3 heteroatoms. The van der Waals surface area contributed by atoms with Crippen molar-refractivity contribution in [3.8, 4) is 0 Å². The second-order valence-electron chi connectivity index (χ2n) is 4.02. The van der Waals surface area contributed by atoms with E-state index in [0.29, 0.717) is 6.61 Å². The molecule has 0 radical (unpaired) electrons. The molecule has 1 aromatic carbocycles. The summed E-state index contributed by atoms with van der Waals surface area (Å²) in [4.78, 5) is 4.03. The fraction of sp³-hybridized carbons (Fsp3) is 0.267. The van der Waals surface area contributed by atoms with E-state index >= 15 is 0 Å². The van der Waals surface area contributed by atoms with Gasteiger partial charge in [0, 0.05) is 24.6 Å². The first-order valence-electron chi connectivity index (χ1n) is 6.07. The van der Waals surface area contributed by atoms with Gasteiger partial charge in [0.05, 0.1) is 0 Å². The molecule has 0 aliphatic heterocycles. The lowest BCUT2D eigenvalue weighted by Crippen LogP contribution is -2.14. The Morgan fingerprint density at radius 1 is 1.11 bits per heavy atom. The van der Waals surface area contributed by atoms with Crippen LogP contribution in [0.2, 0.25) is 0 Å². The maximum absolute atomic E-state index is 10.4. The van der Waals surface area contributed by atoms with Crippen LogP contribution in [-0.4, -0.2) is 16.7 Å². The molecule has 0 spiro atoms. The molecule has 2 rings (SSSR count). The minimum absolute atomic E-state index is 0.361. The van der Waals surface area contributed by atoms with Gasteiger partial charge in [-0.2, -0.15) is 0 Å². The summed E-state index contributed by atoms with van der Waals surface area (Å²) in [6.45, 7) is 2.47. The van der Waals surface area contributed by atoms with Crippen LogP contribution in [0.25, 0.3) is 0 Å². The predicted octanol–water partition coefficient (Wildman–Crippen LogP) is 2.89. The summed E-state index contributed by atoms with van der Waals surface area (Å²) in [6, 6.07) is 13.4. The fourth-order valence-electron chi connectivity index (χ4n) is 1.92. The fourth-order valence-corrected chi connectivity index (χ4v) is 1.92. The third-order valence-corrected chi connectivity index (χ3v) is 2.79. The third kappa shape index (κ3) is 2.94. The maximum atomic E-state index is 10.4. The Balaban J connectivity index is 2.26. The first-order valence-corrected chi connectivity index (χ1v) is 6.07. The highest BCUT2D eigenvalue weighted by molar-refractivity contribution is 5.23. The van der Waals surface area contributed by atoms with Crippen molar-refractivity contribution >= 4 is 0 Å². The van der Waals surface area contributed by atoms with E-state index in [9.17, 15) is 5.11 Å². The van der Waals surface area contributed by atoms with Crippen LogP contribution in [0.4, 0.5) is 0 Å². The number of aromatic nitrogens is 1. The number of hydrogen-bond acceptors (Lipinski definition) is 3. The van der Waals surface area contributed by atoms with E-state index in [1.54, 1.807) is 12.4 Å². The number of hydrogen-bond donors (Lipinski definition) is 1. The lowest BCUT2D eigenvalue weighted by atomic mass is 9.99. The number of benzene rings is 1. The largest absolute Gasteiger partial charge is 0.385 e. The zero-order valence-corrected chi connectivity index (χ0v) is 10.4. The first-order chi connectivity index (χ1) is 8.83. The Hall–Kier alpha value is -1.71. The van der Waals surface area contributed by atoms with E-state index in [0.717, 1.165) is 11.1 Å². The minimum atomic E-state index is -0.707. The number of aliphatic hydroxyl groups excluding tert-OH is 1. The van der Waals surface area contributed by atoms with Gasteiger partial charge in [-0.15, -0.1) is 0 Å². The average molecular weight is 243 g/mol. The van der Waals surface area contributed by atoms with Crippen molar-refractivity contribution in [2.75, 3.05) is 6.61 Å². The molecule has 94 valence electrons. The highest BCUT2D eigenvalue weighted by Gasteiger charge is 2.22. The Morgan fingerprint density at radius 3 is 2.44 bits per heavy atom. The van der Waals surface area contributed by atoms with Gasteiger partial charge in [0.2, 0.25) is 0 Å². The van der Waals surface area contributed by atoms with E-state index in [1.807, 2.05) is 49.4 Å². The van der Waals surface area contributed by atoms with Crippen LogP contribution in [0.1, 0.15) is 30.3 Å². The second-order valence-corrected chi connectivity index (χ2v) is 4.02. The lowest BCUT2D eigenvalue weighted by molar-refractivity contribution is -0.0362. The molecule has 0 bridgehead atoms. The van der Waals surface area contributed by atoms with Gasteiger partial charge in [0.15, 0.2) is 0 Å². The van der Waals surface area contributed by atoms with Crippen LogP contribution in [0.3, 0.4) is 0 Å². The van der Waals surface area contributed by atoms with Crippen molar-refractivity contribution in [1.82, 2.24) is 4.98 Å². The van der Waals surface area contributed by atoms with Crippen molar-refractivity contribution in [3.05, 3.63) is 66.0 Å². The van der Waals surface area contributed by atoms with E-state index in [-0.39, 0.29) is 6.10 Å². The van der Waals surface area contributed by atoms with E-state index in [1.165, 1.54) is 0 Å². The monoisotopic (exact) mass is 243 g/mol. The summed E-state index contributed by atoms with van der Waals surface area (Å²) in [5.74, 6) is 0. The molecule has 0 fully saturated rings. The summed E-state index contributed by atoms with van der Waals surface area (Å²) in [5, 5.41) is 10.4. The number of pyridine rings is 1. The van der Waals surface area contributed by atoms with Crippen LogP contribution in [0, 0.1) is 0 Å². The van der Waals surface area contributed by atoms with Crippen molar-refractivity contribution in [3.63, 3.8) is 0 Å². The molecule has 0 aliphatic carbocycles. The normalized spacial score (nSPS) is 14.1. The molecule has 2 aromatic rings. The molecule has 0 amide bonds. The minimum Gasteiger partial charge on any atom is -0.385 e. The molecule has 2 atom stereocenters. The molecule has 0 aliphatic rings. The smallest absolute Gasteiger partial charge is 0.113 e. The Bertz CT molecular complexity index is 458. The van der Waals surface area contributed by atoms with Gasteiger partial charge in [0.1, 0.15) is 12.2 Å². The highest BCUT2D eigenvalue weighted by Crippen LogP contribution is 2.31. The summed E-state index contributed by atoms with van der Waals surface area (Å²) in [7, 11) is 0. The van der Waals surface area contributed by atoms with Gasteiger partial charge in [-0.05, 0) is 18.6 Å². The average Bonchev–Trinajstić information content (AvgIpc) is 2.46. The van der Waals surface area contributed by atoms with Crippen molar-refractivity contribution in [2.45, 2.75) is 19.1 Å². The van der Waals surface area contributed by atoms with Gasteiger partial charge in [-0.1, -0.05) is 36.4 Å². The van der Waals surface area contributed by atoms with E-state index in [2.05, 4.69) is 4.98 Å². The van der Waals surface area contributed by atoms with Crippen LogP contribution in [0.15, 0.2) is 54.9 Å². The molecule has 3 nitrogen and oxygen atoms in total. The van der Waals surface area contributed by atoms with E-state index in [4.69, 9.17) is 4.74 Å². The standard InChI is InChI=1S/C15H17NO2/c1-2-18-15(12-7-4-3-5-8-12)14(17)13-9-6-10-16-11-13/h3-11,14-15,17H,2H2,1H3. The third-order valence-electron chi connectivity index (χ3n) is 2.79. The molecular formula is C15H17NO2. The topological polar surface area (TPSA) is 42.4 Å². The second kappa shape index (κ2) is 6.28. The molecule has 1 aromatic heterocycles.